The minimum Gasteiger partial charge on any atom is -0.475 e. The van der Waals surface area contributed by atoms with Crippen molar-refractivity contribution in [3.8, 4) is 0 Å². The monoisotopic (exact) mass is 388 g/mol. The van der Waals surface area contributed by atoms with Crippen LogP contribution in [0.1, 0.15) is 37.7 Å². The second-order valence-electron chi connectivity index (χ2n) is 4.98. The molecule has 2 rings (SSSR count). The first kappa shape index (κ1) is 21.3. The van der Waals surface area contributed by atoms with Crippen molar-refractivity contribution in [2.75, 3.05) is 0 Å². The molecule has 0 spiro atoms. The lowest BCUT2D eigenvalue weighted by Crippen LogP contribution is -2.22. The summed E-state index contributed by atoms with van der Waals surface area (Å²) in [6, 6.07) is 9.02. The van der Waals surface area contributed by atoms with Crippen LogP contribution < -0.4 is 5.32 Å². The molecule has 0 aromatic carbocycles. The van der Waals surface area contributed by atoms with Gasteiger partial charge in [-0.15, -0.1) is 11.3 Å². The van der Waals surface area contributed by atoms with Gasteiger partial charge in [0.15, 0.2) is 5.78 Å². The normalized spacial score (nSPS) is 10.5. The molecule has 140 valence electrons. The number of carboxylic acid groups (broad SMARTS) is 1. The molecule has 0 unspecified atom stereocenters. The van der Waals surface area contributed by atoms with Crippen molar-refractivity contribution in [2.24, 2.45) is 0 Å². The van der Waals surface area contributed by atoms with E-state index in [9.17, 15) is 22.8 Å². The number of nitrogens with zero attached hydrogens (tertiary/aromatic N) is 1. The number of rotatable bonds is 4. The van der Waals surface area contributed by atoms with Crippen molar-refractivity contribution in [3.63, 3.8) is 0 Å². The highest BCUT2D eigenvalue weighted by atomic mass is 32.1. The predicted molar refractivity (Wildman–Crippen MR) is 88.2 cm³/mol. The molecule has 6 nitrogen and oxygen atoms in total. The lowest BCUT2D eigenvalue weighted by atomic mass is 10.3. The van der Waals surface area contributed by atoms with Crippen molar-refractivity contribution in [1.82, 2.24) is 10.3 Å². The number of amides is 1. The van der Waals surface area contributed by atoms with Gasteiger partial charge >= 0.3 is 12.1 Å². The number of hydrogen-bond acceptors (Lipinski definition) is 5. The third kappa shape index (κ3) is 7.01. The molecule has 0 bridgehead atoms. The van der Waals surface area contributed by atoms with Crippen LogP contribution in [-0.4, -0.2) is 33.9 Å². The van der Waals surface area contributed by atoms with Crippen LogP contribution >= 0.6 is 11.3 Å². The Hall–Kier alpha value is -2.75. The summed E-state index contributed by atoms with van der Waals surface area (Å²) in [4.78, 5) is 37.4. The molecule has 0 fully saturated rings. The molecule has 1 amide bonds. The van der Waals surface area contributed by atoms with Crippen LogP contribution in [0.25, 0.3) is 0 Å². The Bertz CT molecular complexity index is 803. The third-order valence-corrected chi connectivity index (χ3v) is 3.98. The molecular formula is C16H15F3N2O4S. The topological polar surface area (TPSA) is 96.4 Å². The van der Waals surface area contributed by atoms with E-state index in [0.29, 0.717) is 16.3 Å². The number of pyridine rings is 1. The van der Waals surface area contributed by atoms with E-state index in [1.165, 1.54) is 18.3 Å². The first-order valence-electron chi connectivity index (χ1n) is 7.12. The van der Waals surface area contributed by atoms with Gasteiger partial charge in [-0.1, -0.05) is 6.07 Å². The SMILES string of the molecule is CC(=O)c1ccc(C(=O)NCc2cccc(C)n2)s1.O=C(O)C(F)(F)F. The van der Waals surface area contributed by atoms with Crippen LogP contribution in [0.15, 0.2) is 30.3 Å². The molecule has 0 saturated heterocycles. The summed E-state index contributed by atoms with van der Waals surface area (Å²) in [5.74, 6) is -2.96. The minimum absolute atomic E-state index is 0.0237. The summed E-state index contributed by atoms with van der Waals surface area (Å²) in [6.45, 7) is 3.78. The molecule has 0 atom stereocenters. The highest BCUT2D eigenvalue weighted by Gasteiger charge is 2.38. The van der Waals surface area contributed by atoms with Gasteiger partial charge < -0.3 is 10.4 Å². The number of halogens is 3. The van der Waals surface area contributed by atoms with Crippen LogP contribution in [-0.2, 0) is 11.3 Å². The van der Waals surface area contributed by atoms with Crippen molar-refractivity contribution in [2.45, 2.75) is 26.6 Å². The Labute approximate surface area is 150 Å². The molecular weight excluding hydrogens is 373 g/mol. The second kappa shape index (κ2) is 9.09. The number of aromatic nitrogens is 1. The number of hydrogen-bond donors (Lipinski definition) is 2. The number of alkyl halides is 3. The zero-order valence-corrected chi connectivity index (χ0v) is 14.6. The summed E-state index contributed by atoms with van der Waals surface area (Å²) in [5, 5.41) is 9.92. The zero-order chi connectivity index (χ0) is 19.9. The largest absolute Gasteiger partial charge is 0.490 e. The molecule has 0 aliphatic heterocycles. The summed E-state index contributed by atoms with van der Waals surface area (Å²) >= 11 is 1.21. The van der Waals surface area contributed by atoms with Gasteiger partial charge in [-0.2, -0.15) is 13.2 Å². The van der Waals surface area contributed by atoms with Gasteiger partial charge in [-0.3, -0.25) is 14.6 Å². The lowest BCUT2D eigenvalue weighted by molar-refractivity contribution is -0.192. The average Bonchev–Trinajstić information content (AvgIpc) is 3.02. The molecule has 0 radical (unpaired) electrons. The summed E-state index contributed by atoms with van der Waals surface area (Å²) in [7, 11) is 0. The van der Waals surface area contributed by atoms with Crippen molar-refractivity contribution < 1.29 is 32.7 Å². The number of thiophene rings is 1. The average molecular weight is 388 g/mol. The van der Waals surface area contributed by atoms with Gasteiger partial charge in [-0.25, -0.2) is 4.79 Å². The summed E-state index contributed by atoms with van der Waals surface area (Å²) < 4.78 is 31.7. The van der Waals surface area contributed by atoms with E-state index >= 15 is 0 Å². The Morgan fingerprint density at radius 3 is 2.19 bits per heavy atom. The van der Waals surface area contributed by atoms with Crippen molar-refractivity contribution in [1.29, 1.82) is 0 Å². The van der Waals surface area contributed by atoms with Gasteiger partial charge in [0.05, 0.1) is 22.0 Å². The number of nitrogens with one attached hydrogen (secondary N) is 1. The van der Waals surface area contributed by atoms with E-state index in [-0.39, 0.29) is 11.7 Å². The Morgan fingerprint density at radius 1 is 1.15 bits per heavy atom. The Morgan fingerprint density at radius 2 is 1.73 bits per heavy atom. The van der Waals surface area contributed by atoms with Crippen LogP contribution in [0.3, 0.4) is 0 Å². The number of carboxylic acids is 1. The van der Waals surface area contributed by atoms with Crippen LogP contribution in [0.5, 0.6) is 0 Å². The van der Waals surface area contributed by atoms with Crippen LogP contribution in [0.2, 0.25) is 0 Å². The van der Waals surface area contributed by atoms with Gasteiger partial charge in [0.1, 0.15) is 0 Å². The van der Waals surface area contributed by atoms with Crippen LogP contribution in [0.4, 0.5) is 13.2 Å². The van der Waals surface area contributed by atoms with Crippen molar-refractivity contribution in [3.05, 3.63) is 51.5 Å². The van der Waals surface area contributed by atoms with E-state index in [1.54, 1.807) is 12.1 Å². The zero-order valence-electron chi connectivity index (χ0n) is 13.8. The molecule has 0 aliphatic carbocycles. The molecule has 2 heterocycles. The number of ketones is 1. The van der Waals surface area contributed by atoms with Gasteiger partial charge in [0, 0.05) is 5.69 Å². The fourth-order valence-electron chi connectivity index (χ4n) is 1.61. The summed E-state index contributed by atoms with van der Waals surface area (Å²) in [5.41, 5.74) is 1.73. The van der Waals surface area contributed by atoms with Gasteiger partial charge in [-0.05, 0) is 38.1 Å². The number of Topliss-reactive ketones (excluding diaryl/α,β-unsaturated/α-hetero) is 1. The maximum atomic E-state index is 11.9. The first-order chi connectivity index (χ1) is 12.0. The second-order valence-corrected chi connectivity index (χ2v) is 6.06. The first-order valence-corrected chi connectivity index (χ1v) is 7.94. The van der Waals surface area contributed by atoms with E-state index in [1.807, 2.05) is 25.1 Å². The highest BCUT2D eigenvalue weighted by molar-refractivity contribution is 7.15. The van der Waals surface area contributed by atoms with Crippen LogP contribution in [0, 0.1) is 6.92 Å². The Balaban J connectivity index is 0.000000412. The molecule has 2 aromatic heterocycles. The predicted octanol–water partition coefficient (Wildman–Crippen LogP) is 3.22. The summed E-state index contributed by atoms with van der Waals surface area (Å²) in [6.07, 6.45) is -5.08. The van der Waals surface area contributed by atoms with E-state index < -0.39 is 12.1 Å². The van der Waals surface area contributed by atoms with Crippen molar-refractivity contribution >= 4 is 29.0 Å². The molecule has 0 aliphatic rings. The third-order valence-electron chi connectivity index (χ3n) is 2.80. The lowest BCUT2D eigenvalue weighted by Gasteiger charge is -2.03. The fraction of sp³-hybridized carbons (Fsp3) is 0.250. The maximum absolute atomic E-state index is 11.9. The van der Waals surface area contributed by atoms with E-state index in [4.69, 9.17) is 9.90 Å². The van der Waals surface area contributed by atoms with Gasteiger partial charge in [0.25, 0.3) is 5.91 Å². The molecule has 2 N–H and O–H groups in total. The van der Waals surface area contributed by atoms with E-state index in [2.05, 4.69) is 10.3 Å². The standard InChI is InChI=1S/C14H14N2O2S.C2HF3O2/c1-9-4-3-5-11(16-9)8-15-14(18)13-7-6-12(19-13)10(2)17;3-2(4,5)1(6)7/h3-7H,8H2,1-2H3,(H,15,18);(H,6,7). The molecule has 0 saturated carbocycles. The van der Waals surface area contributed by atoms with Gasteiger partial charge in [0.2, 0.25) is 0 Å². The Kier molecular flexibility index (Phi) is 7.44. The molecule has 2 aromatic rings. The smallest absolute Gasteiger partial charge is 0.475 e. The van der Waals surface area contributed by atoms with E-state index in [0.717, 1.165) is 11.4 Å². The number of aryl methyl sites for hydroxylation is 1. The highest BCUT2D eigenvalue weighted by Crippen LogP contribution is 2.17. The minimum atomic E-state index is -5.08. The number of aliphatic carboxylic acids is 1. The molecule has 26 heavy (non-hydrogen) atoms. The maximum Gasteiger partial charge on any atom is 0.490 e. The quantitative estimate of drug-likeness (QED) is 0.784. The molecule has 10 heteroatoms. The number of carbonyl (C=O) groups is 3. The number of carbonyl (C=O) groups excluding carboxylic acids is 2. The fourth-order valence-corrected chi connectivity index (χ4v) is 2.42.